The van der Waals surface area contributed by atoms with E-state index in [2.05, 4.69) is 4.72 Å². The molecule has 10 nitrogen and oxygen atoms in total. The molecule has 11 heteroatoms. The van der Waals surface area contributed by atoms with Crippen molar-refractivity contribution in [3.05, 3.63) is 72.3 Å². The van der Waals surface area contributed by atoms with Gasteiger partial charge in [0, 0.05) is 38.7 Å². The summed E-state index contributed by atoms with van der Waals surface area (Å²) < 4.78 is 40.7. The number of carbonyl (C=O) groups excluding carboxylic acids is 1. The molecule has 1 atom stereocenters. The van der Waals surface area contributed by atoms with Crippen molar-refractivity contribution in [3.63, 3.8) is 0 Å². The molecule has 1 fully saturated rings. The van der Waals surface area contributed by atoms with Gasteiger partial charge in [-0.2, -0.15) is 0 Å². The molecule has 0 spiro atoms. The zero-order valence-electron chi connectivity index (χ0n) is 21.2. The molecule has 1 aliphatic rings. The second kappa shape index (κ2) is 11.0. The lowest BCUT2D eigenvalue weighted by molar-refractivity contribution is 0.0827. The largest absolute Gasteiger partial charge is 0.495 e. The van der Waals surface area contributed by atoms with Crippen LogP contribution in [0.5, 0.6) is 11.5 Å². The molecule has 0 aromatic heterocycles. The molecule has 3 aromatic rings. The van der Waals surface area contributed by atoms with E-state index in [0.29, 0.717) is 35.4 Å². The van der Waals surface area contributed by atoms with E-state index < -0.39 is 16.1 Å². The summed E-state index contributed by atoms with van der Waals surface area (Å²) in [5, 5.41) is 9.14. The second-order valence-electron chi connectivity index (χ2n) is 9.04. The lowest BCUT2D eigenvalue weighted by atomic mass is 10.0. The molecular formula is C27H29N3O7S. The fourth-order valence-electron chi connectivity index (χ4n) is 4.19. The average molecular weight is 540 g/mol. The summed E-state index contributed by atoms with van der Waals surface area (Å²) in [5.41, 5.74) is 2.04. The molecule has 0 saturated carbocycles. The smallest absolute Gasteiger partial charge is 0.407 e. The van der Waals surface area contributed by atoms with Gasteiger partial charge >= 0.3 is 6.09 Å². The van der Waals surface area contributed by atoms with Crippen molar-refractivity contribution in [1.82, 2.24) is 9.80 Å². The molecule has 1 heterocycles. The van der Waals surface area contributed by atoms with Gasteiger partial charge in [0.15, 0.2) is 0 Å². The Hall–Kier alpha value is -4.25. The molecule has 1 saturated heterocycles. The number of sulfonamides is 1. The highest BCUT2D eigenvalue weighted by Gasteiger charge is 2.27. The Bertz CT molecular complexity index is 1460. The van der Waals surface area contributed by atoms with Crippen molar-refractivity contribution in [1.29, 1.82) is 0 Å². The summed E-state index contributed by atoms with van der Waals surface area (Å²) in [6.45, 7) is 0.630. The van der Waals surface area contributed by atoms with E-state index in [0.717, 1.165) is 0 Å². The number of carboxylic acid groups (broad SMARTS) is 1. The van der Waals surface area contributed by atoms with Crippen LogP contribution in [0.2, 0.25) is 0 Å². The predicted octanol–water partition coefficient (Wildman–Crippen LogP) is 4.00. The number of carbonyl (C=O) groups is 2. The van der Waals surface area contributed by atoms with Crippen LogP contribution in [0.3, 0.4) is 0 Å². The van der Waals surface area contributed by atoms with E-state index in [4.69, 9.17) is 14.6 Å². The van der Waals surface area contributed by atoms with Crippen molar-refractivity contribution in [2.24, 2.45) is 0 Å². The standard InChI is InChI=1S/C27H29N3O7S/c1-29(2)26(31)20-7-4-6-18(14-20)19-10-11-24(36-3)25(15-19)38(34,35)28-21-8-5-9-22(16-21)37-23-12-13-30(17-23)27(32)33/h4-11,14-16,23,28H,12-13,17H2,1-3H3,(H,32,33)/t23-/m0/s1. The number of likely N-dealkylation sites (tertiary alicyclic amines) is 1. The predicted molar refractivity (Wildman–Crippen MR) is 142 cm³/mol. The Morgan fingerprint density at radius 3 is 2.45 bits per heavy atom. The van der Waals surface area contributed by atoms with Crippen LogP contribution in [0, 0.1) is 0 Å². The van der Waals surface area contributed by atoms with Gasteiger partial charge < -0.3 is 24.4 Å². The molecule has 4 rings (SSSR count). The lowest BCUT2D eigenvalue weighted by Crippen LogP contribution is -2.29. The second-order valence-corrected chi connectivity index (χ2v) is 10.7. The van der Waals surface area contributed by atoms with Gasteiger partial charge in [-0.15, -0.1) is 0 Å². The number of nitrogens with zero attached hydrogens (tertiary/aromatic N) is 2. The number of hydrogen-bond donors (Lipinski definition) is 2. The highest BCUT2D eigenvalue weighted by Crippen LogP contribution is 2.32. The van der Waals surface area contributed by atoms with Crippen LogP contribution in [0.25, 0.3) is 11.1 Å². The zero-order chi connectivity index (χ0) is 27.4. The number of benzene rings is 3. The highest BCUT2D eigenvalue weighted by atomic mass is 32.2. The Labute approximate surface area is 221 Å². The van der Waals surface area contributed by atoms with Crippen LogP contribution in [-0.4, -0.2) is 75.7 Å². The van der Waals surface area contributed by atoms with Crippen LogP contribution in [0.4, 0.5) is 10.5 Å². The van der Waals surface area contributed by atoms with Crippen LogP contribution in [0.1, 0.15) is 16.8 Å². The summed E-state index contributed by atoms with van der Waals surface area (Å²) in [5.74, 6) is 0.421. The number of rotatable bonds is 8. The van der Waals surface area contributed by atoms with Gasteiger partial charge in [0.05, 0.1) is 19.3 Å². The molecule has 3 aromatic carbocycles. The van der Waals surface area contributed by atoms with Crippen molar-refractivity contribution in [3.8, 4) is 22.6 Å². The number of hydrogen-bond acceptors (Lipinski definition) is 6. The molecule has 200 valence electrons. The Morgan fingerprint density at radius 1 is 1.03 bits per heavy atom. The van der Waals surface area contributed by atoms with E-state index >= 15 is 0 Å². The number of methoxy groups -OCH3 is 1. The molecule has 0 unspecified atom stereocenters. The van der Waals surface area contributed by atoms with Gasteiger partial charge in [-0.05, 0) is 47.5 Å². The first-order valence-corrected chi connectivity index (χ1v) is 13.3. The minimum Gasteiger partial charge on any atom is -0.495 e. The summed E-state index contributed by atoms with van der Waals surface area (Å²) in [6, 6.07) is 18.2. The third-order valence-electron chi connectivity index (χ3n) is 6.11. The first kappa shape index (κ1) is 26.8. The Morgan fingerprint density at radius 2 is 1.76 bits per heavy atom. The Kier molecular flexibility index (Phi) is 7.77. The van der Waals surface area contributed by atoms with Crippen molar-refractivity contribution < 1.29 is 32.6 Å². The third kappa shape index (κ3) is 6.00. The molecule has 2 amide bonds. The van der Waals surface area contributed by atoms with Crippen molar-refractivity contribution >= 4 is 27.7 Å². The van der Waals surface area contributed by atoms with Gasteiger partial charge in [-0.25, -0.2) is 13.2 Å². The molecule has 0 bridgehead atoms. The number of anilines is 1. The van der Waals surface area contributed by atoms with E-state index in [9.17, 15) is 18.0 Å². The van der Waals surface area contributed by atoms with Crippen LogP contribution in [-0.2, 0) is 10.0 Å². The van der Waals surface area contributed by atoms with Crippen molar-refractivity contribution in [2.45, 2.75) is 17.4 Å². The summed E-state index contributed by atoms with van der Waals surface area (Å²) in [7, 11) is 0.635. The van der Waals surface area contributed by atoms with Gasteiger partial charge in [0.25, 0.3) is 15.9 Å². The fourth-order valence-corrected chi connectivity index (χ4v) is 5.44. The first-order chi connectivity index (χ1) is 18.1. The molecule has 38 heavy (non-hydrogen) atoms. The molecular weight excluding hydrogens is 510 g/mol. The molecule has 0 radical (unpaired) electrons. The molecule has 1 aliphatic heterocycles. The zero-order valence-corrected chi connectivity index (χ0v) is 22.1. The Balaban J connectivity index is 1.58. The monoisotopic (exact) mass is 539 g/mol. The SMILES string of the molecule is COc1ccc(-c2cccc(C(=O)N(C)C)c2)cc1S(=O)(=O)Nc1cccc(O[C@H]2CCN(C(=O)O)C2)c1. The van der Waals surface area contributed by atoms with E-state index in [-0.39, 0.29) is 34.9 Å². The maximum absolute atomic E-state index is 13.4. The molecule has 0 aliphatic carbocycles. The minimum absolute atomic E-state index is 0.0685. The van der Waals surface area contributed by atoms with E-state index in [1.165, 1.54) is 23.0 Å². The number of ether oxygens (including phenoxy) is 2. The van der Waals surface area contributed by atoms with Gasteiger partial charge in [0.1, 0.15) is 22.5 Å². The van der Waals surface area contributed by atoms with Crippen molar-refractivity contribution in [2.75, 3.05) is 39.0 Å². The molecule has 2 N–H and O–H groups in total. The van der Waals surface area contributed by atoms with Gasteiger partial charge in [-0.1, -0.05) is 24.3 Å². The van der Waals surface area contributed by atoms with Gasteiger partial charge in [-0.3, -0.25) is 9.52 Å². The summed E-state index contributed by atoms with van der Waals surface area (Å²) in [4.78, 5) is 26.2. The number of nitrogens with one attached hydrogen (secondary N) is 1. The highest BCUT2D eigenvalue weighted by molar-refractivity contribution is 7.92. The third-order valence-corrected chi connectivity index (χ3v) is 7.51. The van der Waals surface area contributed by atoms with Gasteiger partial charge in [0.2, 0.25) is 0 Å². The van der Waals surface area contributed by atoms with E-state index in [1.807, 2.05) is 0 Å². The number of amides is 2. The maximum atomic E-state index is 13.4. The minimum atomic E-state index is -4.08. The normalized spacial score (nSPS) is 15.1. The van der Waals surface area contributed by atoms with E-state index in [1.54, 1.807) is 74.8 Å². The van der Waals surface area contributed by atoms with Crippen LogP contribution in [0.15, 0.2) is 71.6 Å². The van der Waals surface area contributed by atoms with Crippen LogP contribution >= 0.6 is 0 Å². The fraction of sp³-hybridized carbons (Fsp3) is 0.259. The van der Waals surface area contributed by atoms with Crippen LogP contribution < -0.4 is 14.2 Å². The summed E-state index contributed by atoms with van der Waals surface area (Å²) in [6.07, 6.45) is -0.761. The first-order valence-electron chi connectivity index (χ1n) is 11.8. The lowest BCUT2D eigenvalue weighted by Gasteiger charge is -2.16. The average Bonchev–Trinajstić information content (AvgIpc) is 3.36. The quantitative estimate of drug-likeness (QED) is 0.443. The maximum Gasteiger partial charge on any atom is 0.407 e. The topological polar surface area (TPSA) is 125 Å². The summed E-state index contributed by atoms with van der Waals surface area (Å²) >= 11 is 0.